The highest BCUT2D eigenvalue weighted by atomic mass is 32.1. The van der Waals surface area contributed by atoms with Crippen molar-refractivity contribution in [2.45, 2.75) is 45.3 Å². The zero-order valence-corrected chi connectivity index (χ0v) is 7.62. The Morgan fingerprint density at radius 2 is 1.89 bits per heavy atom. The molecule has 0 aromatic carbocycles. The van der Waals surface area contributed by atoms with Crippen molar-refractivity contribution in [1.82, 2.24) is 0 Å². The van der Waals surface area contributed by atoms with Crippen molar-refractivity contribution in [3.05, 3.63) is 0 Å². The minimum absolute atomic E-state index is 0.616. The van der Waals surface area contributed by atoms with Crippen LogP contribution in [-0.4, -0.2) is 5.25 Å². The smallest absolute Gasteiger partial charge is 0.00398 e. The van der Waals surface area contributed by atoms with Gasteiger partial charge in [0.1, 0.15) is 0 Å². The van der Waals surface area contributed by atoms with Gasteiger partial charge < -0.3 is 0 Å². The first-order valence-electron chi connectivity index (χ1n) is 3.86. The van der Waals surface area contributed by atoms with Crippen LogP contribution < -0.4 is 0 Å². The Balaban J connectivity index is 3.16. The summed E-state index contributed by atoms with van der Waals surface area (Å²) in [4.78, 5) is 0. The summed E-state index contributed by atoms with van der Waals surface area (Å²) in [5.41, 5.74) is 0. The molecule has 0 aliphatic carbocycles. The van der Waals surface area contributed by atoms with Crippen LogP contribution in [-0.2, 0) is 0 Å². The fourth-order valence-electron chi connectivity index (χ4n) is 0.747. The zero-order chi connectivity index (χ0) is 7.28. The fourth-order valence-corrected chi connectivity index (χ4v) is 0.929. The molecule has 0 aliphatic rings. The van der Waals surface area contributed by atoms with E-state index in [9.17, 15) is 0 Å². The van der Waals surface area contributed by atoms with Crippen LogP contribution in [0.25, 0.3) is 0 Å². The van der Waals surface area contributed by atoms with Crippen LogP contribution in [0.5, 0.6) is 0 Å². The number of thiol groups is 1. The average Bonchev–Trinajstić information content (AvgIpc) is 1.82. The molecule has 0 radical (unpaired) electrons. The van der Waals surface area contributed by atoms with Gasteiger partial charge in [-0.25, -0.2) is 0 Å². The fraction of sp³-hybridized carbons (Fsp3) is 1.00. The van der Waals surface area contributed by atoms with E-state index in [2.05, 4.69) is 33.4 Å². The normalized spacial score (nSPS) is 14.3. The van der Waals surface area contributed by atoms with Crippen LogP contribution in [0.1, 0.15) is 40.0 Å². The minimum atomic E-state index is 0.616. The van der Waals surface area contributed by atoms with Gasteiger partial charge in [-0.1, -0.05) is 33.6 Å². The predicted molar refractivity (Wildman–Crippen MR) is 47.1 cm³/mol. The Hall–Kier alpha value is 0.350. The summed E-state index contributed by atoms with van der Waals surface area (Å²) in [6.45, 7) is 6.68. The molecule has 0 rings (SSSR count). The molecule has 0 fully saturated rings. The predicted octanol–water partition coefficient (Wildman–Crippen LogP) is 3.13. The summed E-state index contributed by atoms with van der Waals surface area (Å²) < 4.78 is 0. The van der Waals surface area contributed by atoms with Crippen LogP contribution in [0, 0.1) is 5.92 Å². The van der Waals surface area contributed by atoms with Gasteiger partial charge in [0.05, 0.1) is 0 Å². The molecule has 0 N–H and O–H groups in total. The monoisotopic (exact) mass is 146 g/mol. The van der Waals surface area contributed by atoms with E-state index >= 15 is 0 Å². The highest BCUT2D eigenvalue weighted by molar-refractivity contribution is 7.81. The van der Waals surface area contributed by atoms with Crippen molar-refractivity contribution in [3.8, 4) is 0 Å². The van der Waals surface area contributed by atoms with Crippen LogP contribution >= 0.6 is 12.6 Å². The van der Waals surface area contributed by atoms with E-state index in [1.54, 1.807) is 0 Å². The molecule has 0 aromatic rings. The van der Waals surface area contributed by atoms with Crippen LogP contribution in [0.2, 0.25) is 0 Å². The van der Waals surface area contributed by atoms with Gasteiger partial charge in [-0.3, -0.25) is 0 Å². The molecule has 1 heteroatoms. The maximum Gasteiger partial charge on any atom is 0.00398 e. The van der Waals surface area contributed by atoms with Gasteiger partial charge in [-0.2, -0.15) is 12.6 Å². The van der Waals surface area contributed by atoms with Crippen molar-refractivity contribution in [3.63, 3.8) is 0 Å². The molecule has 0 amide bonds. The molecule has 0 heterocycles. The lowest BCUT2D eigenvalue weighted by atomic mass is 10.1. The van der Waals surface area contributed by atoms with Gasteiger partial charge in [0.25, 0.3) is 0 Å². The van der Waals surface area contributed by atoms with Crippen molar-refractivity contribution in [2.75, 3.05) is 0 Å². The second-order valence-corrected chi connectivity index (χ2v) is 3.62. The standard InChI is InChI=1S/C8H18S/c1-4-5-6-8(9)7(2)3/h7-9H,4-6H2,1-3H3/t8-/m1/s1. The second-order valence-electron chi connectivity index (χ2n) is 2.95. The van der Waals surface area contributed by atoms with E-state index in [4.69, 9.17) is 0 Å². The van der Waals surface area contributed by atoms with Crippen LogP contribution in [0.15, 0.2) is 0 Å². The Bertz CT molecular complexity index is 59.6. The molecular formula is C8H18S. The third-order valence-electron chi connectivity index (χ3n) is 1.62. The van der Waals surface area contributed by atoms with E-state index < -0.39 is 0 Å². The number of hydrogen-bond acceptors (Lipinski definition) is 1. The minimum Gasteiger partial charge on any atom is -0.176 e. The summed E-state index contributed by atoms with van der Waals surface area (Å²) >= 11 is 4.46. The van der Waals surface area contributed by atoms with Crippen molar-refractivity contribution in [2.24, 2.45) is 5.92 Å². The Labute approximate surface area is 64.4 Å². The summed E-state index contributed by atoms with van der Waals surface area (Å²) in [5, 5.41) is 0.616. The third-order valence-corrected chi connectivity index (χ3v) is 2.48. The number of unbranched alkanes of at least 4 members (excludes halogenated alkanes) is 1. The largest absolute Gasteiger partial charge is 0.176 e. The molecule has 0 aromatic heterocycles. The molecule has 0 nitrogen and oxygen atoms in total. The summed E-state index contributed by atoms with van der Waals surface area (Å²) in [6, 6.07) is 0. The average molecular weight is 146 g/mol. The van der Waals surface area contributed by atoms with E-state index in [-0.39, 0.29) is 0 Å². The van der Waals surface area contributed by atoms with E-state index in [0.717, 1.165) is 5.92 Å². The van der Waals surface area contributed by atoms with E-state index in [0.29, 0.717) is 5.25 Å². The highest BCUT2D eigenvalue weighted by Crippen LogP contribution is 2.15. The molecule has 0 bridgehead atoms. The summed E-state index contributed by atoms with van der Waals surface area (Å²) in [7, 11) is 0. The lowest BCUT2D eigenvalue weighted by Crippen LogP contribution is -2.06. The van der Waals surface area contributed by atoms with Crippen molar-refractivity contribution in [1.29, 1.82) is 0 Å². The van der Waals surface area contributed by atoms with Gasteiger partial charge in [0, 0.05) is 5.25 Å². The first-order chi connectivity index (χ1) is 4.18. The van der Waals surface area contributed by atoms with Gasteiger partial charge >= 0.3 is 0 Å². The lowest BCUT2D eigenvalue weighted by Gasteiger charge is -2.12. The van der Waals surface area contributed by atoms with Crippen molar-refractivity contribution >= 4 is 12.6 Å². The third kappa shape index (κ3) is 4.83. The van der Waals surface area contributed by atoms with Gasteiger partial charge in [-0.15, -0.1) is 0 Å². The first-order valence-corrected chi connectivity index (χ1v) is 4.38. The molecule has 0 saturated carbocycles. The molecule has 9 heavy (non-hydrogen) atoms. The van der Waals surface area contributed by atoms with Gasteiger partial charge in [-0.05, 0) is 12.3 Å². The van der Waals surface area contributed by atoms with Gasteiger partial charge in [0.15, 0.2) is 0 Å². The molecular weight excluding hydrogens is 128 g/mol. The number of rotatable bonds is 4. The lowest BCUT2D eigenvalue weighted by molar-refractivity contribution is 0.554. The topological polar surface area (TPSA) is 0 Å². The molecule has 0 aliphatic heterocycles. The van der Waals surface area contributed by atoms with Crippen LogP contribution in [0.4, 0.5) is 0 Å². The maximum atomic E-state index is 4.46. The Kier molecular flexibility index (Phi) is 5.36. The second kappa shape index (κ2) is 5.16. The van der Waals surface area contributed by atoms with Crippen LogP contribution in [0.3, 0.4) is 0 Å². The zero-order valence-electron chi connectivity index (χ0n) is 6.72. The van der Waals surface area contributed by atoms with E-state index in [1.807, 2.05) is 0 Å². The maximum absolute atomic E-state index is 4.46. The molecule has 0 unspecified atom stereocenters. The summed E-state index contributed by atoms with van der Waals surface area (Å²) in [6.07, 6.45) is 3.90. The van der Waals surface area contributed by atoms with Crippen molar-refractivity contribution < 1.29 is 0 Å². The molecule has 0 spiro atoms. The molecule has 56 valence electrons. The highest BCUT2D eigenvalue weighted by Gasteiger charge is 2.05. The Morgan fingerprint density at radius 3 is 2.22 bits per heavy atom. The van der Waals surface area contributed by atoms with Gasteiger partial charge in [0.2, 0.25) is 0 Å². The molecule has 1 atom stereocenters. The SMILES string of the molecule is CCCC[C@@H](S)C(C)C. The number of hydrogen-bond donors (Lipinski definition) is 1. The first kappa shape index (κ1) is 9.35. The quantitative estimate of drug-likeness (QED) is 0.579. The molecule has 0 saturated heterocycles. The Morgan fingerprint density at radius 1 is 1.33 bits per heavy atom. The van der Waals surface area contributed by atoms with E-state index in [1.165, 1.54) is 19.3 Å². The summed E-state index contributed by atoms with van der Waals surface area (Å²) in [5.74, 6) is 0.736.